The Morgan fingerprint density at radius 1 is 1.45 bits per heavy atom. The molecule has 0 bridgehead atoms. The Kier molecular flexibility index (Phi) is 2.78. The SMILES string of the molecule is O=[N+]([O-])c1ccccc1SS. The summed E-state index contributed by atoms with van der Waals surface area (Å²) in [5.74, 6) is 0. The number of hydrogen-bond donors (Lipinski definition) is 1. The van der Waals surface area contributed by atoms with E-state index in [9.17, 15) is 10.1 Å². The van der Waals surface area contributed by atoms with Crippen LogP contribution in [0.3, 0.4) is 0 Å². The normalized spacial score (nSPS) is 9.55. The van der Waals surface area contributed by atoms with E-state index in [0.717, 1.165) is 10.8 Å². The summed E-state index contributed by atoms with van der Waals surface area (Å²) in [6.07, 6.45) is 0. The van der Waals surface area contributed by atoms with E-state index in [1.807, 2.05) is 0 Å². The molecule has 58 valence electrons. The first kappa shape index (κ1) is 8.42. The molecule has 5 heteroatoms. The van der Waals surface area contributed by atoms with Crippen molar-refractivity contribution < 1.29 is 4.92 Å². The number of nitro benzene ring substituents is 1. The second-order valence-corrected chi connectivity index (χ2v) is 2.99. The number of nitro groups is 1. The van der Waals surface area contributed by atoms with Crippen LogP contribution in [0, 0.1) is 10.1 Å². The Morgan fingerprint density at radius 2 is 2.09 bits per heavy atom. The molecule has 1 aromatic carbocycles. The Bertz CT molecular complexity index is 277. The Hall–Kier alpha value is -0.680. The van der Waals surface area contributed by atoms with Crippen LogP contribution in [0.25, 0.3) is 0 Å². The van der Waals surface area contributed by atoms with Gasteiger partial charge in [0, 0.05) is 6.07 Å². The summed E-state index contributed by atoms with van der Waals surface area (Å²) >= 11 is 3.89. The highest BCUT2D eigenvalue weighted by Crippen LogP contribution is 2.30. The molecule has 0 saturated carbocycles. The van der Waals surface area contributed by atoms with Crippen molar-refractivity contribution in [1.82, 2.24) is 0 Å². The second-order valence-electron chi connectivity index (χ2n) is 1.82. The second kappa shape index (κ2) is 3.64. The van der Waals surface area contributed by atoms with Crippen LogP contribution in [0.5, 0.6) is 0 Å². The van der Waals surface area contributed by atoms with Crippen molar-refractivity contribution in [2.24, 2.45) is 0 Å². The number of para-hydroxylation sites is 1. The monoisotopic (exact) mass is 187 g/mol. The minimum absolute atomic E-state index is 0.104. The number of hydrogen-bond acceptors (Lipinski definition) is 4. The molecule has 0 spiro atoms. The van der Waals surface area contributed by atoms with Crippen LogP contribution >= 0.6 is 22.5 Å². The minimum Gasteiger partial charge on any atom is -0.258 e. The average Bonchev–Trinajstić information content (AvgIpc) is 2.04. The van der Waals surface area contributed by atoms with Gasteiger partial charge in [-0.1, -0.05) is 22.9 Å². The van der Waals surface area contributed by atoms with Gasteiger partial charge in [0.2, 0.25) is 0 Å². The molecule has 0 aliphatic carbocycles. The van der Waals surface area contributed by atoms with Crippen molar-refractivity contribution in [3.8, 4) is 0 Å². The Balaban J connectivity index is 3.12. The minimum atomic E-state index is -0.418. The lowest BCUT2D eigenvalue weighted by Gasteiger charge is -1.95. The quantitative estimate of drug-likeness (QED) is 0.335. The largest absolute Gasteiger partial charge is 0.283 e. The van der Waals surface area contributed by atoms with Crippen molar-refractivity contribution >= 4 is 28.1 Å². The maximum Gasteiger partial charge on any atom is 0.283 e. The first-order chi connectivity index (χ1) is 5.25. The summed E-state index contributed by atoms with van der Waals surface area (Å²) in [7, 11) is 1.08. The van der Waals surface area contributed by atoms with Gasteiger partial charge < -0.3 is 0 Å². The maximum atomic E-state index is 10.3. The molecule has 0 unspecified atom stereocenters. The van der Waals surface area contributed by atoms with Gasteiger partial charge in [-0.2, -0.15) is 0 Å². The molecule has 0 N–H and O–H groups in total. The smallest absolute Gasteiger partial charge is 0.258 e. The standard InChI is InChI=1S/C6H5NO2S2/c8-7(9)5-3-1-2-4-6(5)11-10/h1-4,10H. The average molecular weight is 187 g/mol. The molecule has 0 aliphatic heterocycles. The van der Waals surface area contributed by atoms with E-state index in [4.69, 9.17) is 0 Å². The van der Waals surface area contributed by atoms with Gasteiger partial charge in [0.15, 0.2) is 0 Å². The van der Waals surface area contributed by atoms with Gasteiger partial charge in [-0.25, -0.2) is 0 Å². The molecular weight excluding hydrogens is 182 g/mol. The fourth-order valence-corrected chi connectivity index (χ4v) is 1.52. The maximum absolute atomic E-state index is 10.3. The van der Waals surface area contributed by atoms with E-state index in [0.29, 0.717) is 4.90 Å². The highest BCUT2D eigenvalue weighted by Gasteiger charge is 2.10. The molecule has 0 radical (unpaired) electrons. The summed E-state index contributed by atoms with van der Waals surface area (Å²) in [6, 6.07) is 6.49. The molecule has 0 aliphatic rings. The first-order valence-electron chi connectivity index (χ1n) is 2.80. The molecule has 1 aromatic rings. The Labute approximate surface area is 72.8 Å². The lowest BCUT2D eigenvalue weighted by molar-refractivity contribution is -0.387. The third kappa shape index (κ3) is 1.87. The van der Waals surface area contributed by atoms with E-state index in [1.54, 1.807) is 18.2 Å². The number of nitrogens with zero attached hydrogens (tertiary/aromatic N) is 1. The number of thiol groups is 1. The van der Waals surface area contributed by atoms with Crippen LogP contribution in [0.2, 0.25) is 0 Å². The van der Waals surface area contributed by atoms with Gasteiger partial charge in [-0.3, -0.25) is 10.1 Å². The third-order valence-corrected chi connectivity index (χ3v) is 2.29. The van der Waals surface area contributed by atoms with E-state index in [2.05, 4.69) is 11.7 Å². The van der Waals surface area contributed by atoms with Gasteiger partial charge in [0.25, 0.3) is 5.69 Å². The number of rotatable bonds is 2. The molecule has 0 heterocycles. The molecule has 0 amide bonds. The predicted molar refractivity (Wildman–Crippen MR) is 47.9 cm³/mol. The van der Waals surface area contributed by atoms with E-state index in [1.165, 1.54) is 6.07 Å². The van der Waals surface area contributed by atoms with Crippen LogP contribution in [0.15, 0.2) is 29.2 Å². The molecule has 11 heavy (non-hydrogen) atoms. The van der Waals surface area contributed by atoms with Gasteiger partial charge in [-0.15, -0.1) is 11.7 Å². The zero-order chi connectivity index (χ0) is 8.27. The van der Waals surface area contributed by atoms with Crippen LogP contribution in [0.1, 0.15) is 0 Å². The van der Waals surface area contributed by atoms with Gasteiger partial charge in [-0.05, 0) is 6.07 Å². The van der Waals surface area contributed by atoms with Crippen molar-refractivity contribution in [2.45, 2.75) is 4.90 Å². The summed E-state index contributed by atoms with van der Waals surface area (Å²) < 4.78 is 0. The molecule has 0 aromatic heterocycles. The summed E-state index contributed by atoms with van der Waals surface area (Å²) in [4.78, 5) is 10.5. The van der Waals surface area contributed by atoms with Gasteiger partial charge >= 0.3 is 0 Å². The Morgan fingerprint density at radius 3 is 2.55 bits per heavy atom. The fraction of sp³-hybridized carbons (Fsp3) is 0. The third-order valence-electron chi connectivity index (χ3n) is 1.16. The van der Waals surface area contributed by atoms with Crippen molar-refractivity contribution in [1.29, 1.82) is 0 Å². The fourth-order valence-electron chi connectivity index (χ4n) is 0.685. The predicted octanol–water partition coefficient (Wildman–Crippen LogP) is 2.53. The summed E-state index contributed by atoms with van der Waals surface area (Å²) in [5, 5.41) is 10.3. The van der Waals surface area contributed by atoms with Crippen LogP contribution in [-0.2, 0) is 0 Å². The molecule has 0 fully saturated rings. The molecule has 1 rings (SSSR count). The lowest BCUT2D eigenvalue weighted by atomic mass is 10.3. The van der Waals surface area contributed by atoms with E-state index >= 15 is 0 Å². The molecule has 0 saturated heterocycles. The molecule has 0 atom stereocenters. The lowest BCUT2D eigenvalue weighted by Crippen LogP contribution is -1.88. The molecule has 3 nitrogen and oxygen atoms in total. The highest BCUT2D eigenvalue weighted by atomic mass is 33.1. The van der Waals surface area contributed by atoms with Crippen LogP contribution in [-0.4, -0.2) is 4.92 Å². The van der Waals surface area contributed by atoms with Crippen LogP contribution in [0.4, 0.5) is 5.69 Å². The van der Waals surface area contributed by atoms with Crippen LogP contribution < -0.4 is 0 Å². The zero-order valence-electron chi connectivity index (χ0n) is 5.43. The topological polar surface area (TPSA) is 43.1 Å². The van der Waals surface area contributed by atoms with E-state index in [-0.39, 0.29) is 5.69 Å². The highest BCUT2D eigenvalue weighted by molar-refractivity contribution is 8.68. The zero-order valence-corrected chi connectivity index (χ0v) is 7.14. The number of benzene rings is 1. The first-order valence-corrected chi connectivity index (χ1v) is 4.67. The van der Waals surface area contributed by atoms with Crippen molar-refractivity contribution in [3.63, 3.8) is 0 Å². The van der Waals surface area contributed by atoms with Crippen molar-refractivity contribution in [3.05, 3.63) is 34.4 Å². The van der Waals surface area contributed by atoms with E-state index < -0.39 is 4.92 Å². The van der Waals surface area contributed by atoms with Gasteiger partial charge in [0.05, 0.1) is 9.82 Å². The van der Waals surface area contributed by atoms with Crippen molar-refractivity contribution in [2.75, 3.05) is 0 Å². The molecular formula is C6H5NO2S2. The van der Waals surface area contributed by atoms with Gasteiger partial charge in [0.1, 0.15) is 0 Å². The summed E-state index contributed by atoms with van der Waals surface area (Å²) in [6.45, 7) is 0. The summed E-state index contributed by atoms with van der Waals surface area (Å²) in [5.41, 5.74) is 0.104.